The molecular formula is C18H22BN8O4Re-5. The molecule has 0 unspecified atom stereocenters. The van der Waals surface area contributed by atoms with Crippen molar-refractivity contribution in [1.82, 2.24) is 38.8 Å². The van der Waals surface area contributed by atoms with Gasteiger partial charge in [-0.25, -0.2) is 20.4 Å². The molecule has 4 heterocycles. The van der Waals surface area contributed by atoms with E-state index in [9.17, 15) is 9.90 Å². The fourth-order valence-corrected chi connectivity index (χ4v) is 2.96. The van der Waals surface area contributed by atoms with Crippen LogP contribution in [-0.2, 0) is 30.7 Å². The zero-order valence-electron chi connectivity index (χ0n) is 17.7. The second-order valence-electron chi connectivity index (χ2n) is 6.00. The Kier molecular flexibility index (Phi) is 12.5. The van der Waals surface area contributed by atoms with Gasteiger partial charge in [-0.3, -0.25) is 4.79 Å². The normalized spacial score (nSPS) is 10.4. The number of aromatic nitrogens is 8. The van der Waals surface area contributed by atoms with Gasteiger partial charge in [0.15, 0.2) is 5.78 Å². The molecule has 14 heteroatoms. The smallest absolute Gasteiger partial charge is 0.466 e. The van der Waals surface area contributed by atoms with E-state index in [-0.39, 0.29) is 37.4 Å². The SMILES string of the molecule is CC(=O)/C=C(/C)[O-].C[O-].[O-2].[Re].c1cnn([B-](n2cccn2)(n2cccn2)n2cccn2)c1. The largest absolute Gasteiger partial charge is 2.00 e. The first-order chi connectivity index (χ1) is 14.5. The molecule has 0 aliphatic heterocycles. The summed E-state index contributed by atoms with van der Waals surface area (Å²) >= 11 is 0. The van der Waals surface area contributed by atoms with Crippen LogP contribution in [0.5, 0.6) is 0 Å². The molecule has 0 amide bonds. The summed E-state index contributed by atoms with van der Waals surface area (Å²) in [5.74, 6) is -0.375. The molecule has 4 rings (SSSR count). The number of ketones is 1. The molecule has 0 bridgehead atoms. The fourth-order valence-electron chi connectivity index (χ4n) is 2.96. The molecular weight excluding hydrogens is 589 g/mol. The zero-order chi connectivity index (χ0) is 22.0. The van der Waals surface area contributed by atoms with Crippen LogP contribution in [0, 0.1) is 0 Å². The van der Waals surface area contributed by atoms with E-state index in [4.69, 9.17) is 5.11 Å². The van der Waals surface area contributed by atoms with Crippen molar-refractivity contribution >= 4 is 12.5 Å². The van der Waals surface area contributed by atoms with Crippen LogP contribution in [0.25, 0.3) is 0 Å². The van der Waals surface area contributed by atoms with Crippen molar-refractivity contribution < 1.29 is 40.9 Å². The third-order valence-corrected chi connectivity index (χ3v) is 3.93. The summed E-state index contributed by atoms with van der Waals surface area (Å²) in [5, 5.41) is 35.9. The van der Waals surface area contributed by atoms with Gasteiger partial charge < -0.3 is 34.1 Å². The third kappa shape index (κ3) is 6.35. The van der Waals surface area contributed by atoms with Crippen LogP contribution in [0.15, 0.2) is 85.7 Å². The molecule has 0 aliphatic carbocycles. The number of hydrogen-bond donors (Lipinski definition) is 0. The number of allylic oxidation sites excluding steroid dienone is 2. The average Bonchev–Trinajstić information content (AvgIpc) is 3.53. The minimum absolute atomic E-state index is 0. The molecule has 173 valence electrons. The molecule has 4 aromatic rings. The Morgan fingerprint density at radius 2 is 1.03 bits per heavy atom. The van der Waals surface area contributed by atoms with E-state index >= 15 is 0 Å². The van der Waals surface area contributed by atoms with E-state index in [1.54, 1.807) is 24.8 Å². The summed E-state index contributed by atoms with van der Waals surface area (Å²) in [6.45, 7) is 0.864. The number of carbonyl (C=O) groups is 1. The zero-order valence-corrected chi connectivity index (χ0v) is 20.4. The maximum atomic E-state index is 9.98. The predicted molar refractivity (Wildman–Crippen MR) is 107 cm³/mol. The second kappa shape index (κ2) is 13.9. The number of carbonyl (C=O) groups excluding carboxylic acids is 1. The van der Waals surface area contributed by atoms with Crippen molar-refractivity contribution in [1.29, 1.82) is 0 Å². The Balaban J connectivity index is 0.000000761. The molecule has 0 spiro atoms. The van der Waals surface area contributed by atoms with Gasteiger partial charge >= 0.3 is 6.69 Å². The summed E-state index contributed by atoms with van der Waals surface area (Å²) in [6, 6.07) is 7.47. The van der Waals surface area contributed by atoms with Gasteiger partial charge in [-0.05, 0) is 62.1 Å². The molecule has 4 aromatic heterocycles. The van der Waals surface area contributed by atoms with Gasteiger partial charge in [-0.2, -0.15) is 7.11 Å². The van der Waals surface area contributed by atoms with Crippen LogP contribution in [0.1, 0.15) is 13.8 Å². The van der Waals surface area contributed by atoms with Crippen LogP contribution >= 0.6 is 0 Å². The van der Waals surface area contributed by atoms with Crippen molar-refractivity contribution in [3.05, 3.63) is 85.7 Å². The van der Waals surface area contributed by atoms with Crippen LogP contribution in [-0.4, -0.2) is 58.3 Å². The van der Waals surface area contributed by atoms with Crippen LogP contribution in [0.4, 0.5) is 0 Å². The predicted octanol–water partition coefficient (Wildman–Crippen LogP) is -0.904. The molecule has 0 N–H and O–H groups in total. The standard InChI is InChI=1S/C12H12BN8.C5H8O2.CH3O.O.Re/c1-5-14-18(9-1)13(19-10-2-6-15-19,20-11-3-7-16-20)21-12-4-8-17-21;1-4(6)3-5(2)7;1-2;;/h1-12H;3,6H,1-2H3;1H3;;/q-1;;-1;-2;/p-1/b;4-3-;;;. The van der Waals surface area contributed by atoms with Gasteiger partial charge in [0.1, 0.15) is 0 Å². The van der Waals surface area contributed by atoms with E-state index in [0.29, 0.717) is 0 Å². The van der Waals surface area contributed by atoms with E-state index in [1.165, 1.54) is 13.8 Å². The minimum Gasteiger partial charge on any atom is -2.00 e. The Morgan fingerprint density at radius 3 is 1.16 bits per heavy atom. The molecule has 0 atom stereocenters. The molecule has 0 aliphatic rings. The maximum absolute atomic E-state index is 9.98. The van der Waals surface area contributed by atoms with Crippen molar-refractivity contribution in [2.45, 2.75) is 13.8 Å². The molecule has 0 aromatic carbocycles. The first-order valence-electron chi connectivity index (χ1n) is 8.96. The van der Waals surface area contributed by atoms with E-state index in [2.05, 4.69) is 20.4 Å². The van der Waals surface area contributed by atoms with Crippen LogP contribution in [0.3, 0.4) is 0 Å². The Hall–Kier alpha value is -3.30. The quantitative estimate of drug-likeness (QED) is 0.160. The molecule has 0 fully saturated rings. The summed E-state index contributed by atoms with van der Waals surface area (Å²) in [4.78, 5) is 9.98. The molecule has 12 nitrogen and oxygen atoms in total. The average molecular weight is 611 g/mol. The fraction of sp³-hybridized carbons (Fsp3) is 0.167. The number of nitrogens with zero attached hydrogens (tertiary/aromatic N) is 8. The van der Waals surface area contributed by atoms with Crippen LogP contribution < -0.4 is 10.2 Å². The van der Waals surface area contributed by atoms with Crippen molar-refractivity contribution in [3.63, 3.8) is 0 Å². The monoisotopic (exact) mass is 612 g/mol. The Bertz CT molecular complexity index is 873. The van der Waals surface area contributed by atoms with Crippen molar-refractivity contribution in [3.8, 4) is 0 Å². The van der Waals surface area contributed by atoms with Gasteiger partial charge in [-0.1, -0.05) is 6.92 Å². The summed E-state index contributed by atoms with van der Waals surface area (Å²) < 4.78 is 7.25. The van der Waals surface area contributed by atoms with Crippen LogP contribution in [0.2, 0.25) is 0 Å². The van der Waals surface area contributed by atoms with Crippen molar-refractivity contribution in [2.24, 2.45) is 0 Å². The minimum atomic E-state index is -1.83. The topological polar surface area (TPSA) is 163 Å². The molecule has 0 saturated heterocycles. The number of hydrogen-bond acceptors (Lipinski definition) is 7. The first-order valence-corrected chi connectivity index (χ1v) is 8.96. The van der Waals surface area contributed by atoms with Gasteiger partial charge in [0.25, 0.3) is 0 Å². The van der Waals surface area contributed by atoms with Gasteiger partial charge in [0.2, 0.25) is 0 Å². The summed E-state index contributed by atoms with van der Waals surface area (Å²) in [7, 11) is 0.750. The Labute approximate surface area is 198 Å². The van der Waals surface area contributed by atoms with Crippen molar-refractivity contribution in [2.75, 3.05) is 7.11 Å². The van der Waals surface area contributed by atoms with E-state index in [1.807, 2.05) is 67.4 Å². The Morgan fingerprint density at radius 1 is 0.750 bits per heavy atom. The summed E-state index contributed by atoms with van der Waals surface area (Å²) in [5.41, 5.74) is 0. The third-order valence-electron chi connectivity index (χ3n) is 3.93. The second-order valence-corrected chi connectivity index (χ2v) is 6.00. The van der Waals surface area contributed by atoms with E-state index < -0.39 is 6.69 Å². The van der Waals surface area contributed by atoms with Gasteiger partial charge in [0.05, 0.1) is 0 Å². The number of rotatable bonds is 5. The summed E-state index contributed by atoms with van der Waals surface area (Å²) in [6.07, 6.45) is 15.5. The van der Waals surface area contributed by atoms with Gasteiger partial charge in [-0.15, -0.1) is 5.76 Å². The van der Waals surface area contributed by atoms with Gasteiger partial charge in [0, 0.05) is 45.2 Å². The first kappa shape index (κ1) is 28.7. The molecule has 32 heavy (non-hydrogen) atoms. The van der Waals surface area contributed by atoms with E-state index in [0.717, 1.165) is 13.2 Å². The molecule has 1 radical (unpaired) electrons. The molecule has 0 saturated carbocycles. The maximum Gasteiger partial charge on any atom is 0.466 e.